The number of nitrogens with one attached hydrogen (secondary N) is 1. The van der Waals surface area contributed by atoms with Gasteiger partial charge in [-0.3, -0.25) is 10.1 Å². The van der Waals surface area contributed by atoms with Crippen LogP contribution in [-0.2, 0) is 6.54 Å². The molecule has 0 saturated heterocycles. The van der Waals surface area contributed by atoms with Gasteiger partial charge in [-0.25, -0.2) is 0 Å². The Morgan fingerprint density at radius 3 is 2.76 bits per heavy atom. The third-order valence-corrected chi connectivity index (χ3v) is 3.90. The quantitative estimate of drug-likeness (QED) is 0.614. The number of benzene rings is 2. The minimum absolute atomic E-state index is 0.0240. The third-order valence-electron chi connectivity index (χ3n) is 2.91. The maximum atomic E-state index is 10.8. The molecule has 0 bridgehead atoms. The molecule has 0 atom stereocenters. The van der Waals surface area contributed by atoms with Crippen LogP contribution in [0.25, 0.3) is 0 Å². The van der Waals surface area contributed by atoms with E-state index in [1.54, 1.807) is 25.3 Å². The molecule has 0 aliphatic rings. The average molecular weight is 372 g/mol. The van der Waals surface area contributed by atoms with Gasteiger partial charge in [0, 0.05) is 28.9 Å². The first kappa shape index (κ1) is 15.6. The first-order chi connectivity index (χ1) is 10.0. The predicted octanol–water partition coefficient (Wildman–Crippen LogP) is 4.63. The second-order valence-corrected chi connectivity index (χ2v) is 5.46. The molecular weight excluding hydrogens is 360 g/mol. The van der Waals surface area contributed by atoms with Gasteiger partial charge in [0.1, 0.15) is 5.75 Å². The fourth-order valence-corrected chi connectivity index (χ4v) is 2.61. The maximum Gasteiger partial charge on any atom is 0.283 e. The zero-order valence-corrected chi connectivity index (χ0v) is 13.4. The lowest BCUT2D eigenvalue weighted by atomic mass is 10.2. The Labute approximate surface area is 135 Å². The Bertz CT molecular complexity index is 679. The number of anilines is 1. The molecule has 0 unspecified atom stereocenters. The molecule has 0 spiro atoms. The minimum Gasteiger partial charge on any atom is -0.496 e. The largest absolute Gasteiger partial charge is 0.496 e. The normalized spacial score (nSPS) is 10.2. The zero-order valence-electron chi connectivity index (χ0n) is 11.1. The molecule has 2 aromatic rings. The van der Waals surface area contributed by atoms with Crippen LogP contribution in [0.2, 0.25) is 5.02 Å². The molecule has 0 saturated carbocycles. The summed E-state index contributed by atoms with van der Waals surface area (Å²) in [5.74, 6) is 0.691. The fourth-order valence-electron chi connectivity index (χ4n) is 1.86. The molecule has 0 aromatic heterocycles. The standard InChI is InChI=1S/C14H12BrClN2O3/c1-21-14-4-2-3-12(16)10(14)8-17-9-5-6-13(18(19)20)11(15)7-9/h2-7,17H,8H2,1H3. The Morgan fingerprint density at radius 2 is 2.14 bits per heavy atom. The third kappa shape index (κ3) is 3.65. The molecule has 0 aliphatic heterocycles. The van der Waals surface area contributed by atoms with E-state index in [-0.39, 0.29) is 5.69 Å². The van der Waals surface area contributed by atoms with Crippen molar-refractivity contribution in [1.29, 1.82) is 0 Å². The number of hydrogen-bond acceptors (Lipinski definition) is 4. The van der Waals surface area contributed by atoms with Crippen molar-refractivity contribution in [3.63, 3.8) is 0 Å². The smallest absolute Gasteiger partial charge is 0.283 e. The number of rotatable bonds is 5. The lowest BCUT2D eigenvalue weighted by Gasteiger charge is -2.12. The van der Waals surface area contributed by atoms with E-state index in [1.807, 2.05) is 12.1 Å². The van der Waals surface area contributed by atoms with Crippen molar-refractivity contribution in [2.75, 3.05) is 12.4 Å². The number of methoxy groups -OCH3 is 1. The summed E-state index contributed by atoms with van der Waals surface area (Å²) >= 11 is 9.34. The van der Waals surface area contributed by atoms with Crippen LogP contribution < -0.4 is 10.1 Å². The van der Waals surface area contributed by atoms with Crippen molar-refractivity contribution in [2.24, 2.45) is 0 Å². The monoisotopic (exact) mass is 370 g/mol. The highest BCUT2D eigenvalue weighted by atomic mass is 79.9. The molecule has 2 aromatic carbocycles. The van der Waals surface area contributed by atoms with Gasteiger partial charge in [0.15, 0.2) is 0 Å². The molecule has 110 valence electrons. The Balaban J connectivity index is 2.17. The van der Waals surface area contributed by atoms with Crippen LogP contribution in [0.4, 0.5) is 11.4 Å². The van der Waals surface area contributed by atoms with Crippen molar-refractivity contribution in [3.05, 3.63) is 61.6 Å². The van der Waals surface area contributed by atoms with Crippen molar-refractivity contribution in [3.8, 4) is 5.75 Å². The van der Waals surface area contributed by atoms with Crippen molar-refractivity contribution < 1.29 is 9.66 Å². The van der Waals surface area contributed by atoms with Crippen LogP contribution in [0.1, 0.15) is 5.56 Å². The van der Waals surface area contributed by atoms with Crippen molar-refractivity contribution >= 4 is 38.9 Å². The van der Waals surface area contributed by atoms with Gasteiger partial charge in [-0.1, -0.05) is 17.7 Å². The van der Waals surface area contributed by atoms with Crippen LogP contribution in [-0.4, -0.2) is 12.0 Å². The SMILES string of the molecule is COc1cccc(Cl)c1CNc1ccc([N+](=O)[O-])c(Br)c1. The van der Waals surface area contributed by atoms with E-state index in [4.69, 9.17) is 16.3 Å². The van der Waals surface area contributed by atoms with Gasteiger partial charge in [0.05, 0.1) is 16.5 Å². The molecule has 21 heavy (non-hydrogen) atoms. The second-order valence-electron chi connectivity index (χ2n) is 4.20. The summed E-state index contributed by atoms with van der Waals surface area (Å²) in [7, 11) is 1.58. The topological polar surface area (TPSA) is 64.4 Å². The predicted molar refractivity (Wildman–Crippen MR) is 86.1 cm³/mol. The number of nitrogens with zero attached hydrogens (tertiary/aromatic N) is 1. The molecule has 7 heteroatoms. The molecule has 0 aliphatic carbocycles. The highest BCUT2D eigenvalue weighted by Gasteiger charge is 2.12. The van der Waals surface area contributed by atoms with E-state index in [9.17, 15) is 10.1 Å². The number of nitro benzene ring substituents is 1. The highest BCUT2D eigenvalue weighted by Crippen LogP contribution is 2.30. The molecule has 0 fully saturated rings. The van der Waals surface area contributed by atoms with Gasteiger partial charge in [-0.2, -0.15) is 0 Å². The number of nitro groups is 1. The van der Waals surface area contributed by atoms with Crippen LogP contribution in [0.3, 0.4) is 0 Å². The van der Waals surface area contributed by atoms with Gasteiger partial charge in [-0.05, 0) is 40.2 Å². The number of hydrogen-bond donors (Lipinski definition) is 1. The van der Waals surface area contributed by atoms with Crippen LogP contribution in [0.15, 0.2) is 40.9 Å². The fraction of sp³-hybridized carbons (Fsp3) is 0.143. The molecule has 1 N–H and O–H groups in total. The van der Waals surface area contributed by atoms with E-state index in [2.05, 4.69) is 21.2 Å². The van der Waals surface area contributed by atoms with Crippen molar-refractivity contribution in [1.82, 2.24) is 0 Å². The first-order valence-electron chi connectivity index (χ1n) is 6.02. The molecular formula is C14H12BrClN2O3. The summed E-state index contributed by atoms with van der Waals surface area (Å²) in [5.41, 5.74) is 1.60. The molecule has 2 rings (SSSR count). The summed E-state index contributed by atoms with van der Waals surface area (Å²) in [6.45, 7) is 0.451. The van der Waals surface area contributed by atoms with Gasteiger partial charge < -0.3 is 10.1 Å². The summed E-state index contributed by atoms with van der Waals surface area (Å²) < 4.78 is 5.69. The van der Waals surface area contributed by atoms with Gasteiger partial charge in [-0.15, -0.1) is 0 Å². The zero-order chi connectivity index (χ0) is 15.4. The summed E-state index contributed by atoms with van der Waals surface area (Å²) in [6.07, 6.45) is 0. The molecule has 0 radical (unpaired) electrons. The highest BCUT2D eigenvalue weighted by molar-refractivity contribution is 9.10. The lowest BCUT2D eigenvalue weighted by Crippen LogP contribution is -2.03. The summed E-state index contributed by atoms with van der Waals surface area (Å²) in [6, 6.07) is 10.2. The molecule has 0 heterocycles. The summed E-state index contributed by atoms with van der Waals surface area (Å²) in [5, 5.41) is 14.5. The Hall–Kier alpha value is -1.79. The van der Waals surface area contributed by atoms with Crippen molar-refractivity contribution in [2.45, 2.75) is 6.54 Å². The van der Waals surface area contributed by atoms with E-state index in [0.717, 1.165) is 11.3 Å². The number of halogens is 2. The lowest BCUT2D eigenvalue weighted by molar-refractivity contribution is -0.385. The van der Waals surface area contributed by atoms with Gasteiger partial charge in [0.2, 0.25) is 0 Å². The van der Waals surface area contributed by atoms with E-state index < -0.39 is 4.92 Å². The average Bonchev–Trinajstić information content (AvgIpc) is 2.45. The van der Waals surface area contributed by atoms with Crippen LogP contribution in [0.5, 0.6) is 5.75 Å². The Morgan fingerprint density at radius 1 is 1.38 bits per heavy atom. The van der Waals surface area contributed by atoms with Gasteiger partial charge >= 0.3 is 0 Å². The molecule has 5 nitrogen and oxygen atoms in total. The maximum absolute atomic E-state index is 10.8. The van der Waals surface area contributed by atoms with Crippen LogP contribution in [0, 0.1) is 10.1 Å². The number of ether oxygens (including phenoxy) is 1. The Kier molecular flexibility index (Phi) is 5.03. The minimum atomic E-state index is -0.440. The van der Waals surface area contributed by atoms with Crippen LogP contribution >= 0.6 is 27.5 Å². The van der Waals surface area contributed by atoms with Gasteiger partial charge in [0.25, 0.3) is 5.69 Å². The molecule has 0 amide bonds. The van der Waals surface area contributed by atoms with E-state index in [0.29, 0.717) is 21.8 Å². The van der Waals surface area contributed by atoms with E-state index >= 15 is 0 Å². The summed E-state index contributed by atoms with van der Waals surface area (Å²) in [4.78, 5) is 10.3. The second kappa shape index (κ2) is 6.78. The van der Waals surface area contributed by atoms with E-state index in [1.165, 1.54) is 6.07 Å². The first-order valence-corrected chi connectivity index (χ1v) is 7.19.